The van der Waals surface area contributed by atoms with Crippen LogP contribution in [0.3, 0.4) is 0 Å². The van der Waals surface area contributed by atoms with Crippen molar-refractivity contribution in [3.05, 3.63) is 29.3 Å². The van der Waals surface area contributed by atoms with Crippen LogP contribution in [0.25, 0.3) is 0 Å². The molecule has 0 N–H and O–H groups in total. The van der Waals surface area contributed by atoms with Gasteiger partial charge in [-0.05, 0) is 23.6 Å². The predicted octanol–water partition coefficient (Wildman–Crippen LogP) is 3.84. The molecule has 92 valence electrons. The number of methoxy groups -OCH3 is 1. The fraction of sp³-hybridized carbons (Fsp3) is 0.385. The quantitative estimate of drug-likeness (QED) is 0.732. The van der Waals surface area contributed by atoms with Crippen molar-refractivity contribution in [1.29, 1.82) is 0 Å². The Balaban J connectivity index is 3.15. The molecule has 0 aliphatic heterocycles. The van der Waals surface area contributed by atoms with Gasteiger partial charge in [-0.3, -0.25) is 0 Å². The molecule has 1 rings (SSSR count). The van der Waals surface area contributed by atoms with Crippen molar-refractivity contribution >= 4 is 0 Å². The summed E-state index contributed by atoms with van der Waals surface area (Å²) in [6.45, 7) is 1.85. The Hall–Kier alpha value is -1.63. The van der Waals surface area contributed by atoms with Gasteiger partial charge in [0.15, 0.2) is 0 Å². The van der Waals surface area contributed by atoms with Gasteiger partial charge in [-0.2, -0.15) is 13.2 Å². The Kier molecular flexibility index (Phi) is 4.06. The molecule has 1 aromatic carbocycles. The van der Waals surface area contributed by atoms with Crippen LogP contribution in [-0.4, -0.2) is 7.11 Å². The lowest BCUT2D eigenvalue weighted by Crippen LogP contribution is -2.06. The normalized spacial score (nSPS) is 12.9. The number of terminal acetylenes is 1. The van der Waals surface area contributed by atoms with Gasteiger partial charge in [-0.15, -0.1) is 12.3 Å². The zero-order chi connectivity index (χ0) is 13.1. The van der Waals surface area contributed by atoms with E-state index in [0.29, 0.717) is 12.0 Å². The lowest BCUT2D eigenvalue weighted by molar-refractivity contribution is -0.137. The molecule has 0 heterocycles. The molecular weight excluding hydrogens is 229 g/mol. The minimum atomic E-state index is -4.36. The number of benzene rings is 1. The van der Waals surface area contributed by atoms with E-state index in [-0.39, 0.29) is 11.7 Å². The van der Waals surface area contributed by atoms with E-state index < -0.39 is 11.7 Å². The molecule has 1 aromatic rings. The van der Waals surface area contributed by atoms with Crippen LogP contribution >= 0.6 is 0 Å². The third kappa shape index (κ3) is 3.16. The molecule has 0 saturated heterocycles. The first-order valence-corrected chi connectivity index (χ1v) is 5.08. The smallest absolute Gasteiger partial charge is 0.416 e. The van der Waals surface area contributed by atoms with Crippen LogP contribution in [0.15, 0.2) is 18.2 Å². The highest BCUT2D eigenvalue weighted by Crippen LogP contribution is 2.36. The average Bonchev–Trinajstić information content (AvgIpc) is 2.27. The van der Waals surface area contributed by atoms with Crippen LogP contribution in [0.4, 0.5) is 13.2 Å². The number of alkyl halides is 3. The van der Waals surface area contributed by atoms with Crippen molar-refractivity contribution in [3.63, 3.8) is 0 Å². The van der Waals surface area contributed by atoms with E-state index in [4.69, 9.17) is 11.2 Å². The van der Waals surface area contributed by atoms with Gasteiger partial charge in [-0.25, -0.2) is 0 Å². The molecule has 0 radical (unpaired) electrons. The highest BCUT2D eigenvalue weighted by atomic mass is 19.4. The monoisotopic (exact) mass is 242 g/mol. The molecule has 4 heteroatoms. The first-order valence-electron chi connectivity index (χ1n) is 5.08. The van der Waals surface area contributed by atoms with E-state index in [2.05, 4.69) is 5.92 Å². The van der Waals surface area contributed by atoms with Crippen LogP contribution in [0, 0.1) is 12.3 Å². The fourth-order valence-electron chi connectivity index (χ4n) is 1.58. The van der Waals surface area contributed by atoms with Gasteiger partial charge in [0.05, 0.1) is 12.7 Å². The number of hydrogen-bond acceptors (Lipinski definition) is 1. The van der Waals surface area contributed by atoms with Crippen molar-refractivity contribution in [2.75, 3.05) is 7.11 Å². The lowest BCUT2D eigenvalue weighted by Gasteiger charge is -2.16. The Morgan fingerprint density at radius 3 is 2.53 bits per heavy atom. The van der Waals surface area contributed by atoms with Gasteiger partial charge in [0.2, 0.25) is 0 Å². The molecule has 0 aliphatic rings. The van der Waals surface area contributed by atoms with E-state index >= 15 is 0 Å². The van der Waals surface area contributed by atoms with Gasteiger partial charge < -0.3 is 4.74 Å². The molecule has 0 saturated carbocycles. The third-order valence-electron chi connectivity index (χ3n) is 2.52. The van der Waals surface area contributed by atoms with Crippen LogP contribution < -0.4 is 4.74 Å². The Morgan fingerprint density at radius 2 is 2.06 bits per heavy atom. The first kappa shape index (κ1) is 13.4. The number of halogens is 3. The molecule has 0 amide bonds. The molecular formula is C13H13F3O. The summed E-state index contributed by atoms with van der Waals surface area (Å²) >= 11 is 0. The Bertz CT molecular complexity index is 429. The van der Waals surface area contributed by atoms with Crippen LogP contribution in [0.5, 0.6) is 5.75 Å². The zero-order valence-corrected chi connectivity index (χ0v) is 9.64. The third-order valence-corrected chi connectivity index (χ3v) is 2.52. The molecule has 0 aliphatic carbocycles. The van der Waals surface area contributed by atoms with Crippen molar-refractivity contribution in [2.24, 2.45) is 0 Å². The summed E-state index contributed by atoms with van der Waals surface area (Å²) in [6, 6.07) is 3.47. The summed E-state index contributed by atoms with van der Waals surface area (Å²) in [5.74, 6) is 2.68. The maximum atomic E-state index is 12.5. The van der Waals surface area contributed by atoms with Gasteiger partial charge in [0.1, 0.15) is 5.75 Å². The molecule has 17 heavy (non-hydrogen) atoms. The second-order valence-corrected chi connectivity index (χ2v) is 3.76. The molecule has 1 unspecified atom stereocenters. The summed E-state index contributed by atoms with van der Waals surface area (Å²) < 4.78 is 42.5. The highest BCUT2D eigenvalue weighted by molar-refractivity contribution is 5.41. The molecule has 0 fully saturated rings. The summed E-state index contributed by atoms with van der Waals surface area (Å²) in [4.78, 5) is 0. The number of hydrogen-bond donors (Lipinski definition) is 0. The SMILES string of the molecule is C#CCC(C)c1ccc(C(F)(F)F)cc1OC. The molecule has 1 atom stereocenters. The van der Waals surface area contributed by atoms with Gasteiger partial charge >= 0.3 is 6.18 Å². The van der Waals surface area contributed by atoms with Crippen molar-refractivity contribution in [1.82, 2.24) is 0 Å². The van der Waals surface area contributed by atoms with Gasteiger partial charge in [0, 0.05) is 6.42 Å². The van der Waals surface area contributed by atoms with Crippen LogP contribution in [0.2, 0.25) is 0 Å². The second-order valence-electron chi connectivity index (χ2n) is 3.76. The summed E-state index contributed by atoms with van der Waals surface area (Å²) in [5.41, 5.74) is -0.0237. The fourth-order valence-corrected chi connectivity index (χ4v) is 1.58. The van der Waals surface area contributed by atoms with Gasteiger partial charge in [-0.1, -0.05) is 13.0 Å². The van der Waals surface area contributed by atoms with Crippen molar-refractivity contribution < 1.29 is 17.9 Å². The Labute approximate surface area is 98.6 Å². The maximum Gasteiger partial charge on any atom is 0.416 e. The summed E-state index contributed by atoms with van der Waals surface area (Å²) in [5, 5.41) is 0. The maximum absolute atomic E-state index is 12.5. The van der Waals surface area contributed by atoms with Crippen LogP contribution in [-0.2, 0) is 6.18 Å². The largest absolute Gasteiger partial charge is 0.496 e. The van der Waals surface area contributed by atoms with Gasteiger partial charge in [0.25, 0.3) is 0 Å². The van der Waals surface area contributed by atoms with E-state index in [1.165, 1.54) is 13.2 Å². The minimum absolute atomic E-state index is 0.0303. The van der Waals surface area contributed by atoms with E-state index in [1.807, 2.05) is 6.92 Å². The second kappa shape index (κ2) is 5.13. The first-order chi connectivity index (χ1) is 7.90. The molecule has 0 bridgehead atoms. The van der Waals surface area contributed by atoms with E-state index in [1.54, 1.807) is 0 Å². The van der Waals surface area contributed by atoms with E-state index in [0.717, 1.165) is 12.1 Å². The standard InChI is InChI=1S/C13H13F3O/c1-4-5-9(2)11-7-6-10(13(14,15)16)8-12(11)17-3/h1,6-9H,5H2,2-3H3. The number of ether oxygens (including phenoxy) is 1. The summed E-state index contributed by atoms with van der Waals surface area (Å²) in [7, 11) is 1.35. The topological polar surface area (TPSA) is 9.23 Å². The predicted molar refractivity (Wildman–Crippen MR) is 59.9 cm³/mol. The molecule has 1 nitrogen and oxygen atoms in total. The van der Waals surface area contributed by atoms with E-state index in [9.17, 15) is 13.2 Å². The minimum Gasteiger partial charge on any atom is -0.496 e. The molecule has 0 spiro atoms. The Morgan fingerprint density at radius 1 is 1.41 bits per heavy atom. The number of rotatable bonds is 3. The highest BCUT2D eigenvalue weighted by Gasteiger charge is 2.31. The summed E-state index contributed by atoms with van der Waals surface area (Å²) in [6.07, 6.45) is 1.29. The van der Waals surface area contributed by atoms with Crippen molar-refractivity contribution in [2.45, 2.75) is 25.4 Å². The van der Waals surface area contributed by atoms with Crippen LogP contribution in [0.1, 0.15) is 30.4 Å². The van der Waals surface area contributed by atoms with Crippen molar-refractivity contribution in [3.8, 4) is 18.1 Å². The average molecular weight is 242 g/mol. The molecule has 0 aromatic heterocycles. The zero-order valence-electron chi connectivity index (χ0n) is 9.64. The lowest BCUT2D eigenvalue weighted by atomic mass is 9.96.